The standard InChI is InChI=1S/C32H36ClFN6O2/c1-20-16-32(25-7-4-8-26(33)28(20)25)11-9-24-27(17-32)36-31(42-19-23-6-5-13-38(23)3)37-29(24)39-14-15-40(30(41)21(2)34)22(18-39)10-12-35/h4,7-8,16,22-23H,2,5-6,9-11,13-15,17-19H2,1,3H3/t22-,23-,32+/m0/s1/i1D3. The number of likely N-dealkylation sites (N-methyl/N-ethyl adjacent to an activating group) is 1. The van der Waals surface area contributed by atoms with Crippen LogP contribution in [0.2, 0.25) is 5.02 Å². The lowest BCUT2D eigenvalue weighted by molar-refractivity contribution is -0.131. The summed E-state index contributed by atoms with van der Waals surface area (Å²) in [5.41, 5.74) is 2.80. The maximum absolute atomic E-state index is 13.8. The van der Waals surface area contributed by atoms with Gasteiger partial charge in [0.25, 0.3) is 5.91 Å². The number of hydrogen-bond acceptors (Lipinski definition) is 7. The van der Waals surface area contributed by atoms with Gasteiger partial charge in [-0.3, -0.25) is 4.79 Å². The fourth-order valence-corrected chi connectivity index (χ4v) is 7.34. The van der Waals surface area contributed by atoms with Crippen LogP contribution in [0.4, 0.5) is 10.2 Å². The summed E-state index contributed by atoms with van der Waals surface area (Å²) in [5.74, 6) is -1.19. The van der Waals surface area contributed by atoms with Gasteiger partial charge in [0.2, 0.25) is 0 Å². The topological polar surface area (TPSA) is 85.6 Å². The van der Waals surface area contributed by atoms with Gasteiger partial charge < -0.3 is 19.4 Å². The fraction of sp³-hybridized carbons (Fsp3) is 0.500. The lowest BCUT2D eigenvalue weighted by Crippen LogP contribution is -2.55. The number of ether oxygens (including phenoxy) is 1. The second kappa shape index (κ2) is 11.3. The third kappa shape index (κ3) is 5.05. The molecule has 2 aliphatic carbocycles. The minimum Gasteiger partial charge on any atom is -0.462 e. The zero-order valence-corrected chi connectivity index (χ0v) is 24.5. The summed E-state index contributed by atoms with van der Waals surface area (Å²) in [7, 11) is 2.07. The minimum absolute atomic E-state index is 0.0313. The van der Waals surface area contributed by atoms with Crippen molar-refractivity contribution in [2.75, 3.05) is 44.7 Å². The van der Waals surface area contributed by atoms with Crippen molar-refractivity contribution in [2.45, 2.75) is 62.9 Å². The number of halogens is 2. The van der Waals surface area contributed by atoms with Gasteiger partial charge in [-0.1, -0.05) is 36.4 Å². The molecule has 0 N–H and O–H groups in total. The smallest absolute Gasteiger partial charge is 0.318 e. The Labute approximate surface area is 255 Å². The average Bonchev–Trinajstić information content (AvgIpc) is 3.56. The summed E-state index contributed by atoms with van der Waals surface area (Å²) in [6.07, 6.45) is 5.64. The molecular formula is C32H36ClFN6O2. The number of carbonyl (C=O) groups is 1. The number of benzene rings is 1. The maximum Gasteiger partial charge on any atom is 0.318 e. The van der Waals surface area contributed by atoms with E-state index >= 15 is 0 Å². The summed E-state index contributed by atoms with van der Waals surface area (Å²) in [6, 6.07) is 7.60. The van der Waals surface area contributed by atoms with Crippen molar-refractivity contribution < 1.29 is 18.0 Å². The Bertz CT molecular complexity index is 1610. The van der Waals surface area contributed by atoms with E-state index in [4.69, 9.17) is 30.4 Å². The number of allylic oxidation sites excluding steroid dienone is 2. The Kier molecular flexibility index (Phi) is 6.75. The van der Waals surface area contributed by atoms with Crippen molar-refractivity contribution in [1.82, 2.24) is 19.8 Å². The summed E-state index contributed by atoms with van der Waals surface area (Å²) in [5, 5.41) is 9.93. The van der Waals surface area contributed by atoms with E-state index in [1.807, 2.05) is 23.1 Å². The number of amides is 1. The van der Waals surface area contributed by atoms with E-state index in [1.165, 1.54) is 4.90 Å². The van der Waals surface area contributed by atoms with E-state index in [1.54, 1.807) is 6.07 Å². The van der Waals surface area contributed by atoms with E-state index < -0.39 is 30.0 Å². The first-order chi connectivity index (χ1) is 21.4. The largest absolute Gasteiger partial charge is 0.462 e. The van der Waals surface area contributed by atoms with E-state index in [0.29, 0.717) is 48.8 Å². The van der Waals surface area contributed by atoms with Crippen LogP contribution in [0.3, 0.4) is 0 Å². The van der Waals surface area contributed by atoms with Crippen LogP contribution >= 0.6 is 11.6 Å². The van der Waals surface area contributed by atoms with Crippen LogP contribution in [-0.4, -0.2) is 77.6 Å². The number of fused-ring (bicyclic) bond motifs is 3. The van der Waals surface area contributed by atoms with Gasteiger partial charge in [-0.15, -0.1) is 0 Å². The van der Waals surface area contributed by atoms with E-state index in [9.17, 15) is 14.4 Å². The Morgan fingerprint density at radius 2 is 2.19 bits per heavy atom. The molecule has 10 heteroatoms. The zero-order valence-electron chi connectivity index (χ0n) is 26.7. The van der Waals surface area contributed by atoms with Gasteiger partial charge in [-0.2, -0.15) is 15.2 Å². The van der Waals surface area contributed by atoms with Crippen LogP contribution in [0.1, 0.15) is 59.0 Å². The van der Waals surface area contributed by atoms with Crippen molar-refractivity contribution in [3.8, 4) is 12.1 Å². The lowest BCUT2D eigenvalue weighted by Gasteiger charge is -2.42. The molecule has 4 aliphatic rings. The highest BCUT2D eigenvalue weighted by molar-refractivity contribution is 6.32. The SMILES string of the molecule is [2H]C([2H])([2H])C1=C[C@@]2(CCc3c(nc(OC[C@@H]4CCCN4C)nc3N3CCN(C(=O)C(=C)F)[C@@H](CC#N)C3)C2)c2cccc(Cl)c21. The van der Waals surface area contributed by atoms with Gasteiger partial charge in [0.05, 0.1) is 24.2 Å². The van der Waals surface area contributed by atoms with Crippen LogP contribution in [0.15, 0.2) is 36.7 Å². The van der Waals surface area contributed by atoms with E-state index in [2.05, 4.69) is 24.6 Å². The van der Waals surface area contributed by atoms with Gasteiger partial charge in [0.1, 0.15) is 12.4 Å². The van der Waals surface area contributed by atoms with Crippen LogP contribution in [0.25, 0.3) is 5.57 Å². The third-order valence-corrected chi connectivity index (χ3v) is 9.59. The molecule has 1 aromatic carbocycles. The zero-order chi connectivity index (χ0) is 32.1. The molecule has 2 aliphatic heterocycles. The maximum atomic E-state index is 13.8. The molecule has 0 radical (unpaired) electrons. The molecule has 1 spiro atoms. The molecule has 2 fully saturated rings. The summed E-state index contributed by atoms with van der Waals surface area (Å²) in [6.45, 7) is 3.13. The van der Waals surface area contributed by atoms with Gasteiger partial charge in [0, 0.05) is 52.2 Å². The highest BCUT2D eigenvalue weighted by atomic mass is 35.5. The summed E-state index contributed by atoms with van der Waals surface area (Å²) < 4.78 is 44.8. The number of piperazine rings is 1. The molecule has 2 saturated heterocycles. The van der Waals surface area contributed by atoms with Crippen molar-refractivity contribution in [2.24, 2.45) is 0 Å². The molecule has 0 saturated carbocycles. The Balaban J connectivity index is 1.39. The summed E-state index contributed by atoms with van der Waals surface area (Å²) >= 11 is 6.61. The van der Waals surface area contributed by atoms with Crippen LogP contribution in [0.5, 0.6) is 6.01 Å². The van der Waals surface area contributed by atoms with Crippen LogP contribution < -0.4 is 9.64 Å². The second-order valence-electron chi connectivity index (χ2n) is 11.8. The molecular weight excluding hydrogens is 555 g/mol. The third-order valence-electron chi connectivity index (χ3n) is 9.27. The number of aromatic nitrogens is 2. The first kappa shape index (κ1) is 25.1. The fourth-order valence-electron chi connectivity index (χ4n) is 7.06. The van der Waals surface area contributed by atoms with Crippen molar-refractivity contribution in [3.63, 3.8) is 0 Å². The molecule has 6 rings (SSSR count). The van der Waals surface area contributed by atoms with Crippen molar-refractivity contribution in [1.29, 1.82) is 5.26 Å². The molecule has 1 amide bonds. The predicted molar refractivity (Wildman–Crippen MR) is 160 cm³/mol. The summed E-state index contributed by atoms with van der Waals surface area (Å²) in [4.78, 5) is 28.0. The number of anilines is 1. The van der Waals surface area contributed by atoms with Crippen molar-refractivity contribution in [3.05, 3.63) is 64.1 Å². The quantitative estimate of drug-likeness (QED) is 0.442. The molecule has 1 aromatic heterocycles. The Morgan fingerprint density at radius 1 is 1.33 bits per heavy atom. The number of likely N-dealkylation sites (tertiary alicyclic amines) is 1. The predicted octanol–water partition coefficient (Wildman–Crippen LogP) is 4.86. The average molecular weight is 594 g/mol. The second-order valence-corrected chi connectivity index (χ2v) is 12.2. The molecule has 3 heterocycles. The molecule has 42 heavy (non-hydrogen) atoms. The normalized spacial score (nSPS) is 26.5. The molecule has 8 nitrogen and oxygen atoms in total. The number of nitriles is 1. The highest BCUT2D eigenvalue weighted by Crippen LogP contribution is 2.50. The monoisotopic (exact) mass is 593 g/mol. The number of rotatable bonds is 6. The molecule has 220 valence electrons. The first-order valence-electron chi connectivity index (χ1n) is 15.9. The Morgan fingerprint density at radius 3 is 2.93 bits per heavy atom. The number of hydrogen-bond donors (Lipinski definition) is 0. The molecule has 3 atom stereocenters. The molecule has 2 aromatic rings. The van der Waals surface area contributed by atoms with Gasteiger partial charge in [-0.05, 0) is 68.9 Å². The van der Waals surface area contributed by atoms with Gasteiger partial charge in [0.15, 0.2) is 5.83 Å². The lowest BCUT2D eigenvalue weighted by atomic mass is 9.70. The minimum atomic E-state index is -2.33. The molecule has 0 bridgehead atoms. The van der Waals surface area contributed by atoms with Gasteiger partial charge in [-0.25, -0.2) is 4.39 Å². The number of carbonyl (C=O) groups excluding carboxylic acids is 1. The van der Waals surface area contributed by atoms with Crippen molar-refractivity contribution >= 4 is 28.9 Å². The molecule has 0 unspecified atom stereocenters. The number of nitrogens with zero attached hydrogens (tertiary/aromatic N) is 6. The Hall–Kier alpha value is -3.48. The van der Waals surface area contributed by atoms with Crippen LogP contribution in [0, 0.1) is 11.3 Å². The van der Waals surface area contributed by atoms with Crippen LogP contribution in [-0.2, 0) is 23.1 Å². The van der Waals surface area contributed by atoms with Gasteiger partial charge >= 0.3 is 6.01 Å². The highest BCUT2D eigenvalue weighted by Gasteiger charge is 2.43. The first-order valence-corrected chi connectivity index (χ1v) is 14.8. The van der Waals surface area contributed by atoms with E-state index in [-0.39, 0.29) is 37.1 Å². The van der Waals surface area contributed by atoms with E-state index in [0.717, 1.165) is 36.2 Å².